The van der Waals surface area contributed by atoms with Gasteiger partial charge in [0.05, 0.1) is 36.7 Å². The molecule has 7 nitrogen and oxygen atoms in total. The number of rotatable bonds is 4. The van der Waals surface area contributed by atoms with Crippen molar-refractivity contribution in [2.45, 2.75) is 38.3 Å². The minimum Gasteiger partial charge on any atom is -0.381 e. The molecule has 28 heavy (non-hydrogen) atoms. The van der Waals surface area contributed by atoms with Crippen LogP contribution in [0.4, 0.5) is 10.5 Å². The molecule has 2 fully saturated rings. The van der Waals surface area contributed by atoms with E-state index in [0.29, 0.717) is 25.7 Å². The highest BCUT2D eigenvalue weighted by Crippen LogP contribution is 2.34. The number of urea groups is 1. The fraction of sp³-hybridized carbons (Fsp3) is 0.524. The molecule has 1 N–H and O–H groups in total. The summed E-state index contributed by atoms with van der Waals surface area (Å²) in [5.74, 6) is 0.319. The summed E-state index contributed by atoms with van der Waals surface area (Å²) in [6, 6.07) is 9.65. The van der Waals surface area contributed by atoms with Gasteiger partial charge in [-0.15, -0.1) is 0 Å². The molecule has 2 amide bonds. The molecule has 2 aromatic rings. The number of carbonyl (C=O) groups is 1. The number of aromatic nitrogens is 2. The lowest BCUT2D eigenvalue weighted by molar-refractivity contribution is -0.0379. The molecule has 0 spiro atoms. The molecule has 1 saturated carbocycles. The molecule has 1 aromatic heterocycles. The van der Waals surface area contributed by atoms with Crippen LogP contribution in [0.1, 0.15) is 25.0 Å². The van der Waals surface area contributed by atoms with Gasteiger partial charge >= 0.3 is 6.03 Å². The molecule has 1 aliphatic carbocycles. The van der Waals surface area contributed by atoms with Gasteiger partial charge in [-0.25, -0.2) is 9.48 Å². The van der Waals surface area contributed by atoms with Gasteiger partial charge in [-0.2, -0.15) is 5.10 Å². The average Bonchev–Trinajstić information content (AvgIpc) is 3.37. The zero-order valence-corrected chi connectivity index (χ0v) is 16.5. The van der Waals surface area contributed by atoms with Crippen LogP contribution in [0.3, 0.4) is 0 Å². The predicted octanol–water partition coefficient (Wildman–Crippen LogP) is 3.23. The van der Waals surface area contributed by atoms with Crippen molar-refractivity contribution in [2.75, 3.05) is 32.2 Å². The second kappa shape index (κ2) is 8.32. The summed E-state index contributed by atoms with van der Waals surface area (Å²) in [6.45, 7) is 3.72. The number of morpholine rings is 1. The Bertz CT molecular complexity index is 821. The molecule has 4 rings (SSSR count). The van der Waals surface area contributed by atoms with Crippen LogP contribution in [0.25, 0.3) is 5.69 Å². The van der Waals surface area contributed by atoms with E-state index in [0.717, 1.165) is 36.3 Å². The molecule has 150 valence electrons. The summed E-state index contributed by atoms with van der Waals surface area (Å²) in [7, 11) is 1.76. The van der Waals surface area contributed by atoms with Crippen LogP contribution in [0.5, 0.6) is 0 Å². The maximum atomic E-state index is 13.2. The van der Waals surface area contributed by atoms with E-state index < -0.39 is 0 Å². The second-order valence-electron chi connectivity index (χ2n) is 7.54. The lowest BCUT2D eigenvalue weighted by Gasteiger charge is -2.40. The Morgan fingerprint density at radius 2 is 2.14 bits per heavy atom. The summed E-state index contributed by atoms with van der Waals surface area (Å²) in [4.78, 5) is 15.2. The third-order valence-corrected chi connectivity index (χ3v) is 5.93. The molecule has 0 radical (unpaired) electrons. The molecule has 7 heteroatoms. The van der Waals surface area contributed by atoms with Crippen molar-refractivity contribution >= 4 is 11.7 Å². The zero-order chi connectivity index (χ0) is 19.5. The summed E-state index contributed by atoms with van der Waals surface area (Å²) in [5, 5.41) is 7.49. The Labute approximate surface area is 165 Å². The third-order valence-electron chi connectivity index (χ3n) is 5.93. The molecule has 2 aliphatic rings. The van der Waals surface area contributed by atoms with Gasteiger partial charge in [0.1, 0.15) is 0 Å². The first-order valence-corrected chi connectivity index (χ1v) is 9.97. The van der Waals surface area contributed by atoms with Crippen LogP contribution in [0, 0.1) is 12.8 Å². The lowest BCUT2D eigenvalue weighted by Crippen LogP contribution is -2.55. The number of amides is 2. The summed E-state index contributed by atoms with van der Waals surface area (Å²) >= 11 is 0. The van der Waals surface area contributed by atoms with Gasteiger partial charge in [-0.3, -0.25) is 0 Å². The molecular weight excluding hydrogens is 356 g/mol. The highest BCUT2D eigenvalue weighted by atomic mass is 16.5. The first-order chi connectivity index (χ1) is 13.7. The lowest BCUT2D eigenvalue weighted by atomic mass is 9.94. The monoisotopic (exact) mass is 384 g/mol. The van der Waals surface area contributed by atoms with E-state index in [9.17, 15) is 4.79 Å². The number of aryl methyl sites for hydroxylation is 1. The molecule has 3 unspecified atom stereocenters. The number of hydrogen-bond acceptors (Lipinski definition) is 4. The van der Waals surface area contributed by atoms with Crippen molar-refractivity contribution in [1.82, 2.24) is 14.7 Å². The molecule has 1 saturated heterocycles. The largest absolute Gasteiger partial charge is 0.381 e. The van der Waals surface area contributed by atoms with Crippen LogP contribution in [0.15, 0.2) is 36.5 Å². The van der Waals surface area contributed by atoms with Gasteiger partial charge in [0.15, 0.2) is 0 Å². The van der Waals surface area contributed by atoms with Gasteiger partial charge in [-0.1, -0.05) is 18.6 Å². The normalized spacial score (nSPS) is 25.1. The fourth-order valence-corrected chi connectivity index (χ4v) is 4.49. The standard InChI is InChI=1S/C21H28N4O3/c1-15-10-11-22-25(15)18-8-4-3-7-17(18)23-21(26)24-12-13-28-14-19(24)16-6-5-9-20(16)27-2/h3-4,7-8,10-11,16,19-20H,5-6,9,12-14H2,1-2H3,(H,23,26). The van der Waals surface area contributed by atoms with Crippen molar-refractivity contribution < 1.29 is 14.3 Å². The Morgan fingerprint density at radius 1 is 1.29 bits per heavy atom. The maximum Gasteiger partial charge on any atom is 0.322 e. The van der Waals surface area contributed by atoms with Crippen LogP contribution in [0.2, 0.25) is 0 Å². The fourth-order valence-electron chi connectivity index (χ4n) is 4.49. The third kappa shape index (κ3) is 3.64. The number of hydrogen-bond donors (Lipinski definition) is 1. The van der Waals surface area contributed by atoms with E-state index in [1.807, 2.05) is 46.8 Å². The Balaban J connectivity index is 1.55. The van der Waals surface area contributed by atoms with Gasteiger partial charge in [0.2, 0.25) is 0 Å². The van der Waals surface area contributed by atoms with Crippen molar-refractivity contribution in [2.24, 2.45) is 5.92 Å². The quantitative estimate of drug-likeness (QED) is 0.879. The molecule has 1 aromatic carbocycles. The molecular formula is C21H28N4O3. The van der Waals surface area contributed by atoms with E-state index in [1.54, 1.807) is 13.3 Å². The molecule has 0 bridgehead atoms. The number of para-hydroxylation sites is 2. The van der Waals surface area contributed by atoms with E-state index in [-0.39, 0.29) is 18.2 Å². The molecule has 3 atom stereocenters. The van der Waals surface area contributed by atoms with Crippen molar-refractivity contribution in [3.63, 3.8) is 0 Å². The number of methoxy groups -OCH3 is 1. The zero-order valence-electron chi connectivity index (χ0n) is 16.5. The Hall–Kier alpha value is -2.38. The van der Waals surface area contributed by atoms with Crippen molar-refractivity contribution in [3.8, 4) is 5.69 Å². The minimum absolute atomic E-state index is 0.0415. The molecule has 1 aliphatic heterocycles. The number of anilines is 1. The summed E-state index contributed by atoms with van der Waals surface area (Å²) < 4.78 is 13.2. The van der Waals surface area contributed by atoms with E-state index in [1.165, 1.54) is 0 Å². The summed E-state index contributed by atoms with van der Waals surface area (Å²) in [5.41, 5.74) is 2.62. The van der Waals surface area contributed by atoms with E-state index >= 15 is 0 Å². The number of benzene rings is 1. The van der Waals surface area contributed by atoms with E-state index in [2.05, 4.69) is 10.4 Å². The maximum absolute atomic E-state index is 13.2. The Kier molecular flexibility index (Phi) is 5.64. The topological polar surface area (TPSA) is 68.6 Å². The first-order valence-electron chi connectivity index (χ1n) is 9.97. The highest BCUT2D eigenvalue weighted by molar-refractivity contribution is 5.92. The predicted molar refractivity (Wildman–Crippen MR) is 107 cm³/mol. The van der Waals surface area contributed by atoms with Crippen LogP contribution in [-0.4, -0.2) is 59.7 Å². The highest BCUT2D eigenvalue weighted by Gasteiger charge is 2.40. The van der Waals surface area contributed by atoms with Gasteiger partial charge < -0.3 is 19.7 Å². The van der Waals surface area contributed by atoms with Gasteiger partial charge in [0, 0.05) is 31.5 Å². The van der Waals surface area contributed by atoms with Gasteiger partial charge in [-0.05, 0) is 38.0 Å². The van der Waals surface area contributed by atoms with Crippen molar-refractivity contribution in [1.29, 1.82) is 0 Å². The smallest absolute Gasteiger partial charge is 0.322 e. The summed E-state index contributed by atoms with van der Waals surface area (Å²) in [6.07, 6.45) is 5.21. The Morgan fingerprint density at radius 3 is 2.93 bits per heavy atom. The van der Waals surface area contributed by atoms with Crippen LogP contribution in [-0.2, 0) is 9.47 Å². The second-order valence-corrected chi connectivity index (χ2v) is 7.54. The number of nitrogens with zero attached hydrogens (tertiary/aromatic N) is 3. The number of nitrogens with one attached hydrogen (secondary N) is 1. The minimum atomic E-state index is -0.0905. The van der Waals surface area contributed by atoms with Crippen LogP contribution >= 0.6 is 0 Å². The molecule has 2 heterocycles. The number of carbonyl (C=O) groups excluding carboxylic acids is 1. The number of ether oxygens (including phenoxy) is 2. The van der Waals surface area contributed by atoms with Gasteiger partial charge in [0.25, 0.3) is 0 Å². The van der Waals surface area contributed by atoms with Crippen LogP contribution < -0.4 is 5.32 Å². The first kappa shape index (κ1) is 19.0. The average molecular weight is 384 g/mol. The van der Waals surface area contributed by atoms with Crippen molar-refractivity contribution in [3.05, 3.63) is 42.2 Å². The SMILES string of the molecule is COC1CCCC1C1COCCN1C(=O)Nc1ccccc1-n1nccc1C. The van der Waals surface area contributed by atoms with E-state index in [4.69, 9.17) is 9.47 Å².